The number of ether oxygens (including phenoxy) is 2. The predicted molar refractivity (Wildman–Crippen MR) is 64.8 cm³/mol. The SMILES string of the molecule is COCc1cnc(C)c(OC)c1C(C)CON. The van der Waals surface area contributed by atoms with Gasteiger partial charge in [0.1, 0.15) is 5.75 Å². The summed E-state index contributed by atoms with van der Waals surface area (Å²) < 4.78 is 10.6. The van der Waals surface area contributed by atoms with E-state index in [0.29, 0.717) is 13.2 Å². The molecule has 0 spiro atoms. The molecule has 1 aromatic rings. The molecule has 0 aliphatic carbocycles. The van der Waals surface area contributed by atoms with Gasteiger partial charge >= 0.3 is 0 Å². The van der Waals surface area contributed by atoms with Gasteiger partial charge in [0.25, 0.3) is 0 Å². The molecule has 0 fully saturated rings. The lowest BCUT2D eigenvalue weighted by Gasteiger charge is -2.19. The second kappa shape index (κ2) is 6.54. The summed E-state index contributed by atoms with van der Waals surface area (Å²) in [7, 11) is 3.29. The van der Waals surface area contributed by atoms with E-state index in [4.69, 9.17) is 20.2 Å². The zero-order valence-electron chi connectivity index (χ0n) is 10.8. The summed E-state index contributed by atoms with van der Waals surface area (Å²) in [6.07, 6.45) is 1.81. The van der Waals surface area contributed by atoms with Gasteiger partial charge in [0.05, 0.1) is 26.0 Å². The van der Waals surface area contributed by atoms with Gasteiger partial charge in [-0.3, -0.25) is 4.98 Å². The Balaban J connectivity index is 3.22. The third-order valence-corrected chi connectivity index (χ3v) is 2.68. The Kier molecular flexibility index (Phi) is 5.34. The third-order valence-electron chi connectivity index (χ3n) is 2.68. The maximum Gasteiger partial charge on any atom is 0.143 e. The van der Waals surface area contributed by atoms with Gasteiger partial charge in [-0.25, -0.2) is 5.90 Å². The summed E-state index contributed by atoms with van der Waals surface area (Å²) in [6.45, 7) is 4.86. The van der Waals surface area contributed by atoms with Gasteiger partial charge in [-0.1, -0.05) is 6.92 Å². The van der Waals surface area contributed by atoms with Crippen LogP contribution in [0.15, 0.2) is 6.20 Å². The van der Waals surface area contributed by atoms with E-state index in [-0.39, 0.29) is 5.92 Å². The van der Waals surface area contributed by atoms with Gasteiger partial charge < -0.3 is 14.3 Å². The zero-order chi connectivity index (χ0) is 12.8. The Labute approximate surface area is 102 Å². The number of aryl methyl sites for hydroxylation is 1. The molecular weight excluding hydrogens is 220 g/mol. The minimum Gasteiger partial charge on any atom is -0.495 e. The minimum absolute atomic E-state index is 0.127. The van der Waals surface area contributed by atoms with Crippen LogP contribution in [-0.2, 0) is 16.2 Å². The number of pyridine rings is 1. The summed E-state index contributed by atoms with van der Waals surface area (Å²) >= 11 is 0. The van der Waals surface area contributed by atoms with Crippen LogP contribution in [0.4, 0.5) is 0 Å². The quantitative estimate of drug-likeness (QED) is 0.764. The van der Waals surface area contributed by atoms with E-state index in [1.807, 2.05) is 20.0 Å². The van der Waals surface area contributed by atoms with Crippen molar-refractivity contribution in [1.29, 1.82) is 0 Å². The van der Waals surface area contributed by atoms with Gasteiger partial charge in [0.15, 0.2) is 0 Å². The van der Waals surface area contributed by atoms with Crippen LogP contribution >= 0.6 is 0 Å². The molecule has 17 heavy (non-hydrogen) atoms. The van der Waals surface area contributed by atoms with E-state index in [2.05, 4.69) is 4.98 Å². The number of methoxy groups -OCH3 is 2. The first-order valence-corrected chi connectivity index (χ1v) is 5.48. The number of nitrogens with zero attached hydrogens (tertiary/aromatic N) is 1. The van der Waals surface area contributed by atoms with E-state index in [9.17, 15) is 0 Å². The van der Waals surface area contributed by atoms with Crippen LogP contribution in [-0.4, -0.2) is 25.8 Å². The molecule has 0 aromatic carbocycles. The van der Waals surface area contributed by atoms with E-state index in [1.165, 1.54) is 0 Å². The Hall–Kier alpha value is -1.17. The fraction of sp³-hybridized carbons (Fsp3) is 0.583. The van der Waals surface area contributed by atoms with Crippen molar-refractivity contribution in [3.8, 4) is 5.75 Å². The van der Waals surface area contributed by atoms with Crippen LogP contribution in [0.1, 0.15) is 29.7 Å². The number of aromatic nitrogens is 1. The summed E-state index contributed by atoms with van der Waals surface area (Å²) in [5.41, 5.74) is 2.90. The highest BCUT2D eigenvalue weighted by atomic mass is 16.6. The number of hydrogen-bond donors (Lipinski definition) is 1. The third kappa shape index (κ3) is 3.15. The number of hydrogen-bond acceptors (Lipinski definition) is 5. The molecule has 1 unspecified atom stereocenters. The van der Waals surface area contributed by atoms with Gasteiger partial charge in [-0.2, -0.15) is 0 Å². The monoisotopic (exact) mass is 240 g/mol. The summed E-state index contributed by atoms with van der Waals surface area (Å²) in [4.78, 5) is 9.01. The van der Waals surface area contributed by atoms with Crippen molar-refractivity contribution in [3.63, 3.8) is 0 Å². The molecule has 2 N–H and O–H groups in total. The van der Waals surface area contributed by atoms with Crippen LogP contribution < -0.4 is 10.6 Å². The second-order valence-corrected chi connectivity index (χ2v) is 3.98. The van der Waals surface area contributed by atoms with Gasteiger partial charge in [0.2, 0.25) is 0 Å². The lowest BCUT2D eigenvalue weighted by molar-refractivity contribution is 0.124. The summed E-state index contributed by atoms with van der Waals surface area (Å²) in [5.74, 6) is 6.04. The van der Waals surface area contributed by atoms with Gasteiger partial charge in [-0.15, -0.1) is 0 Å². The molecule has 1 aromatic heterocycles. The zero-order valence-corrected chi connectivity index (χ0v) is 10.8. The van der Waals surface area contributed by atoms with Crippen LogP contribution in [0.25, 0.3) is 0 Å². The summed E-state index contributed by atoms with van der Waals surface area (Å²) in [6, 6.07) is 0. The topological polar surface area (TPSA) is 66.6 Å². The molecule has 0 aliphatic rings. The first kappa shape index (κ1) is 13.9. The molecule has 1 atom stereocenters. The lowest BCUT2D eigenvalue weighted by Crippen LogP contribution is -2.13. The van der Waals surface area contributed by atoms with Crippen molar-refractivity contribution in [1.82, 2.24) is 4.98 Å². The predicted octanol–water partition coefficient (Wildman–Crippen LogP) is 1.54. The van der Waals surface area contributed by atoms with Crippen LogP contribution in [0.5, 0.6) is 5.75 Å². The smallest absolute Gasteiger partial charge is 0.143 e. The van der Waals surface area contributed by atoms with Crippen LogP contribution in [0, 0.1) is 6.92 Å². The lowest BCUT2D eigenvalue weighted by atomic mass is 9.96. The van der Waals surface area contributed by atoms with Gasteiger partial charge in [-0.05, 0) is 6.92 Å². The molecule has 1 heterocycles. The molecule has 0 saturated carbocycles. The van der Waals surface area contributed by atoms with Crippen LogP contribution in [0.3, 0.4) is 0 Å². The van der Waals surface area contributed by atoms with E-state index < -0.39 is 0 Å². The number of rotatable bonds is 6. The van der Waals surface area contributed by atoms with Crippen molar-refractivity contribution in [2.45, 2.75) is 26.4 Å². The maximum atomic E-state index is 5.42. The molecule has 0 radical (unpaired) electrons. The first-order valence-electron chi connectivity index (χ1n) is 5.48. The Morgan fingerprint density at radius 3 is 2.65 bits per heavy atom. The highest BCUT2D eigenvalue weighted by Gasteiger charge is 2.19. The fourth-order valence-corrected chi connectivity index (χ4v) is 1.94. The number of nitrogens with two attached hydrogens (primary N) is 1. The Bertz CT molecular complexity index is 369. The molecule has 5 nitrogen and oxygen atoms in total. The van der Waals surface area contributed by atoms with Crippen molar-refractivity contribution in [2.24, 2.45) is 5.90 Å². The molecule has 0 amide bonds. The average molecular weight is 240 g/mol. The van der Waals surface area contributed by atoms with Crippen LogP contribution in [0.2, 0.25) is 0 Å². The minimum atomic E-state index is 0.127. The molecule has 1 rings (SSSR count). The summed E-state index contributed by atoms with van der Waals surface area (Å²) in [5, 5.41) is 0. The second-order valence-electron chi connectivity index (χ2n) is 3.98. The normalized spacial score (nSPS) is 12.5. The van der Waals surface area contributed by atoms with E-state index >= 15 is 0 Å². The van der Waals surface area contributed by atoms with Gasteiger partial charge in [0, 0.05) is 30.4 Å². The maximum absolute atomic E-state index is 5.42. The molecule has 0 aliphatic heterocycles. The van der Waals surface area contributed by atoms with E-state index in [1.54, 1.807) is 14.2 Å². The fourth-order valence-electron chi connectivity index (χ4n) is 1.94. The standard InChI is InChI=1S/C12H20N2O3/c1-8(6-17-13)11-10(7-15-3)5-14-9(2)12(11)16-4/h5,8H,6-7,13H2,1-4H3. The van der Waals surface area contributed by atoms with Crippen molar-refractivity contribution in [3.05, 3.63) is 23.0 Å². The highest BCUT2D eigenvalue weighted by molar-refractivity contribution is 5.44. The molecule has 0 saturated heterocycles. The molecule has 96 valence electrons. The molecular formula is C12H20N2O3. The largest absolute Gasteiger partial charge is 0.495 e. The Morgan fingerprint density at radius 2 is 2.12 bits per heavy atom. The molecule has 0 bridgehead atoms. The highest BCUT2D eigenvalue weighted by Crippen LogP contribution is 2.32. The van der Waals surface area contributed by atoms with Crippen molar-refractivity contribution in [2.75, 3.05) is 20.8 Å². The van der Waals surface area contributed by atoms with E-state index in [0.717, 1.165) is 22.6 Å². The van der Waals surface area contributed by atoms with Crippen molar-refractivity contribution < 1.29 is 14.3 Å². The van der Waals surface area contributed by atoms with Crippen molar-refractivity contribution >= 4 is 0 Å². The first-order chi connectivity index (χ1) is 8.15. The Morgan fingerprint density at radius 1 is 1.41 bits per heavy atom. The average Bonchev–Trinajstić information content (AvgIpc) is 2.31. The molecule has 5 heteroatoms.